The van der Waals surface area contributed by atoms with E-state index in [9.17, 15) is 17.6 Å². The molecule has 33 heavy (non-hydrogen) atoms. The summed E-state index contributed by atoms with van der Waals surface area (Å²) in [5, 5.41) is 3.55. The minimum atomic E-state index is -4.19. The van der Waals surface area contributed by atoms with E-state index >= 15 is 0 Å². The minimum absolute atomic E-state index is 0.0249. The van der Waals surface area contributed by atoms with Crippen LogP contribution < -0.4 is 14.4 Å². The van der Waals surface area contributed by atoms with Gasteiger partial charge in [0, 0.05) is 23.2 Å². The second-order valence-electron chi connectivity index (χ2n) is 7.09. The van der Waals surface area contributed by atoms with Crippen molar-refractivity contribution >= 4 is 38.1 Å². The molecule has 0 spiro atoms. The number of pyridine rings is 1. The van der Waals surface area contributed by atoms with Crippen molar-refractivity contribution in [2.75, 3.05) is 23.3 Å². The number of amides is 1. The Kier molecular flexibility index (Phi) is 6.23. The normalized spacial score (nSPS) is 11.2. The number of sulfonamides is 1. The van der Waals surface area contributed by atoms with Gasteiger partial charge in [0.25, 0.3) is 10.0 Å². The lowest BCUT2D eigenvalue weighted by molar-refractivity contribution is -0.114. The molecule has 7 nitrogen and oxygen atoms in total. The molecule has 9 heteroatoms. The van der Waals surface area contributed by atoms with Gasteiger partial charge in [-0.1, -0.05) is 24.3 Å². The Hall–Kier alpha value is -3.98. The van der Waals surface area contributed by atoms with E-state index in [1.54, 1.807) is 54.7 Å². The second kappa shape index (κ2) is 9.25. The number of nitrogens with zero attached hydrogens (tertiary/aromatic N) is 2. The maximum atomic E-state index is 14.0. The van der Waals surface area contributed by atoms with E-state index < -0.39 is 28.3 Å². The minimum Gasteiger partial charge on any atom is -0.497 e. The Morgan fingerprint density at radius 3 is 2.52 bits per heavy atom. The molecule has 0 saturated heterocycles. The smallest absolute Gasteiger partial charge is 0.265 e. The first-order chi connectivity index (χ1) is 15.9. The molecule has 0 aliphatic rings. The lowest BCUT2D eigenvalue weighted by Crippen LogP contribution is -2.38. The summed E-state index contributed by atoms with van der Waals surface area (Å²) in [7, 11) is -2.69. The summed E-state index contributed by atoms with van der Waals surface area (Å²) >= 11 is 0. The monoisotopic (exact) mass is 465 g/mol. The fourth-order valence-electron chi connectivity index (χ4n) is 3.38. The Labute approximate surface area is 190 Å². The van der Waals surface area contributed by atoms with Gasteiger partial charge in [0.1, 0.15) is 18.1 Å². The van der Waals surface area contributed by atoms with Gasteiger partial charge in [-0.05, 0) is 48.5 Å². The average molecular weight is 466 g/mol. The van der Waals surface area contributed by atoms with Crippen LogP contribution in [0, 0.1) is 5.82 Å². The largest absolute Gasteiger partial charge is 0.497 e. The van der Waals surface area contributed by atoms with Crippen molar-refractivity contribution in [3.05, 3.63) is 91.0 Å². The molecule has 0 atom stereocenters. The predicted molar refractivity (Wildman–Crippen MR) is 124 cm³/mol. The molecule has 1 N–H and O–H groups in total. The van der Waals surface area contributed by atoms with Crippen LogP contribution in [0.15, 0.2) is 90.1 Å². The fraction of sp³-hybridized carbons (Fsp3) is 0.0833. The third-order valence-corrected chi connectivity index (χ3v) is 6.84. The zero-order valence-electron chi connectivity index (χ0n) is 17.6. The molecule has 168 valence electrons. The van der Waals surface area contributed by atoms with Crippen LogP contribution in [-0.4, -0.2) is 33.0 Å². The topological polar surface area (TPSA) is 88.6 Å². The van der Waals surface area contributed by atoms with Crippen LogP contribution in [0.5, 0.6) is 5.75 Å². The maximum absolute atomic E-state index is 14.0. The molecule has 3 aromatic carbocycles. The maximum Gasteiger partial charge on any atom is 0.265 e. The summed E-state index contributed by atoms with van der Waals surface area (Å²) in [6, 6.07) is 18.4. The molecule has 4 rings (SSSR count). The number of aromatic nitrogens is 1. The van der Waals surface area contributed by atoms with E-state index in [0.29, 0.717) is 16.5 Å². The second-order valence-corrected chi connectivity index (χ2v) is 8.92. The summed E-state index contributed by atoms with van der Waals surface area (Å²) in [6.45, 7) is -0.565. The van der Waals surface area contributed by atoms with Crippen molar-refractivity contribution in [2.24, 2.45) is 0 Å². The molecule has 0 aliphatic heterocycles. The van der Waals surface area contributed by atoms with E-state index in [1.807, 2.05) is 0 Å². The van der Waals surface area contributed by atoms with Gasteiger partial charge in [0.05, 0.1) is 23.4 Å². The van der Waals surface area contributed by atoms with E-state index in [2.05, 4.69) is 10.3 Å². The molecule has 0 fully saturated rings. The number of para-hydroxylation sites is 1. The van der Waals surface area contributed by atoms with Gasteiger partial charge in [0.15, 0.2) is 0 Å². The van der Waals surface area contributed by atoms with Crippen LogP contribution in [0.2, 0.25) is 0 Å². The summed E-state index contributed by atoms with van der Waals surface area (Å²) in [4.78, 5) is 16.9. The number of carbonyl (C=O) groups excluding carboxylic acids is 1. The van der Waals surface area contributed by atoms with E-state index in [4.69, 9.17) is 4.74 Å². The summed E-state index contributed by atoms with van der Waals surface area (Å²) in [5.41, 5.74) is 0.219. The molecule has 0 saturated carbocycles. The molecule has 0 radical (unpaired) electrons. The molecule has 1 aromatic heterocycles. The van der Waals surface area contributed by atoms with Crippen molar-refractivity contribution in [3.8, 4) is 5.75 Å². The molecule has 0 aliphatic carbocycles. The number of carbonyl (C=O) groups is 1. The van der Waals surface area contributed by atoms with Gasteiger partial charge in [-0.25, -0.2) is 12.8 Å². The standard InChI is InChI=1S/C24H20FN3O4S/c1-32-19-11-9-18(10-12-19)28(16-24(29)27-22-7-3-2-6-21(22)25)33(30,31)23-8-4-5-17-15-26-14-13-20(17)23/h2-15H,16H2,1H3,(H,27,29). The number of ether oxygens (including phenoxy) is 1. The highest BCUT2D eigenvalue weighted by molar-refractivity contribution is 7.93. The van der Waals surface area contributed by atoms with Crippen molar-refractivity contribution in [1.82, 2.24) is 4.98 Å². The summed E-state index contributed by atoms with van der Waals surface area (Å²) in [5.74, 6) is -0.782. The van der Waals surface area contributed by atoms with Crippen molar-refractivity contribution in [1.29, 1.82) is 0 Å². The highest BCUT2D eigenvalue weighted by Crippen LogP contribution is 2.30. The number of hydrogen-bond donors (Lipinski definition) is 1. The number of rotatable bonds is 7. The number of halogens is 1. The third kappa shape index (κ3) is 4.63. The Bertz CT molecular complexity index is 1400. The van der Waals surface area contributed by atoms with Gasteiger partial charge in [-0.3, -0.25) is 14.1 Å². The first kappa shape index (κ1) is 22.2. The lowest BCUT2D eigenvalue weighted by atomic mass is 10.2. The number of anilines is 2. The predicted octanol–water partition coefficient (Wildman–Crippen LogP) is 4.22. The van der Waals surface area contributed by atoms with Gasteiger partial charge in [-0.2, -0.15) is 0 Å². The zero-order valence-corrected chi connectivity index (χ0v) is 18.4. The molecule has 4 aromatic rings. The van der Waals surface area contributed by atoms with Gasteiger partial charge in [-0.15, -0.1) is 0 Å². The number of benzene rings is 3. The van der Waals surface area contributed by atoms with Crippen LogP contribution in [0.25, 0.3) is 10.8 Å². The first-order valence-electron chi connectivity index (χ1n) is 9.94. The van der Waals surface area contributed by atoms with Crippen molar-refractivity contribution in [3.63, 3.8) is 0 Å². The van der Waals surface area contributed by atoms with Crippen LogP contribution >= 0.6 is 0 Å². The highest BCUT2D eigenvalue weighted by atomic mass is 32.2. The van der Waals surface area contributed by atoms with Crippen molar-refractivity contribution in [2.45, 2.75) is 4.90 Å². The molecular formula is C24H20FN3O4S. The van der Waals surface area contributed by atoms with Crippen molar-refractivity contribution < 1.29 is 22.3 Å². The van der Waals surface area contributed by atoms with Crippen LogP contribution in [0.1, 0.15) is 0 Å². The average Bonchev–Trinajstić information content (AvgIpc) is 2.83. The van der Waals surface area contributed by atoms with Crippen LogP contribution in [-0.2, 0) is 14.8 Å². The Morgan fingerprint density at radius 1 is 1.03 bits per heavy atom. The van der Waals surface area contributed by atoms with E-state index in [1.165, 1.54) is 37.6 Å². The fourth-order valence-corrected chi connectivity index (χ4v) is 5.02. The third-order valence-electron chi connectivity index (χ3n) is 5.00. The van der Waals surface area contributed by atoms with E-state index in [-0.39, 0.29) is 16.3 Å². The first-order valence-corrected chi connectivity index (χ1v) is 11.4. The van der Waals surface area contributed by atoms with Gasteiger partial charge < -0.3 is 10.1 Å². The summed E-state index contributed by atoms with van der Waals surface area (Å²) in [6.07, 6.45) is 3.07. The Morgan fingerprint density at radius 2 is 1.79 bits per heavy atom. The molecule has 0 unspecified atom stereocenters. The quantitative estimate of drug-likeness (QED) is 0.442. The molecule has 1 heterocycles. The summed E-state index contributed by atoms with van der Waals surface area (Å²) < 4.78 is 47.7. The molecule has 1 amide bonds. The van der Waals surface area contributed by atoms with Gasteiger partial charge >= 0.3 is 0 Å². The number of nitrogens with one attached hydrogen (secondary N) is 1. The lowest BCUT2D eigenvalue weighted by Gasteiger charge is -2.25. The zero-order chi connectivity index (χ0) is 23.4. The van der Waals surface area contributed by atoms with Crippen LogP contribution in [0.4, 0.5) is 15.8 Å². The highest BCUT2D eigenvalue weighted by Gasteiger charge is 2.29. The molecule has 0 bridgehead atoms. The number of methoxy groups -OCH3 is 1. The van der Waals surface area contributed by atoms with Gasteiger partial charge in [0.2, 0.25) is 5.91 Å². The SMILES string of the molecule is COc1ccc(N(CC(=O)Nc2ccccc2F)S(=O)(=O)c2cccc3cnccc23)cc1. The Balaban J connectivity index is 1.76. The van der Waals surface area contributed by atoms with Crippen LogP contribution in [0.3, 0.4) is 0 Å². The number of hydrogen-bond acceptors (Lipinski definition) is 5. The van der Waals surface area contributed by atoms with E-state index in [0.717, 1.165) is 4.31 Å². The molecular weight excluding hydrogens is 445 g/mol. The number of fused-ring (bicyclic) bond motifs is 1.